The molecule has 1 aliphatic rings. The van der Waals surface area contributed by atoms with Gasteiger partial charge in [0.25, 0.3) is 0 Å². The minimum absolute atomic E-state index is 0.0292. The Balaban J connectivity index is 2.10. The number of likely N-dealkylation sites (N-methyl/N-ethyl adjacent to an activating group) is 1. The van der Waals surface area contributed by atoms with Crippen molar-refractivity contribution in [3.05, 3.63) is 27.7 Å². The fourth-order valence-corrected chi connectivity index (χ4v) is 2.80. The second kappa shape index (κ2) is 6.56. The van der Waals surface area contributed by atoms with Crippen LogP contribution < -0.4 is 4.74 Å². The van der Waals surface area contributed by atoms with Crippen molar-refractivity contribution in [3.63, 3.8) is 0 Å². The number of hydrogen-bond acceptors (Lipinski definition) is 4. The average molecular weight is 344 g/mol. The largest absolute Gasteiger partial charge is 0.490 e. The number of carboxylic acids is 1. The molecule has 0 amide bonds. The summed E-state index contributed by atoms with van der Waals surface area (Å²) in [6.45, 7) is 4.56. The first-order valence-corrected chi connectivity index (χ1v) is 7.23. The Kier molecular flexibility index (Phi) is 5.01. The maximum Gasteiger partial charge on any atom is 0.339 e. The van der Waals surface area contributed by atoms with Crippen molar-refractivity contribution in [2.45, 2.75) is 13.0 Å². The average Bonchev–Trinajstić information content (AvgIpc) is 2.36. The molecule has 0 radical (unpaired) electrons. The number of rotatable bonds is 4. The van der Waals surface area contributed by atoms with E-state index in [0.717, 1.165) is 23.1 Å². The number of ether oxygens (including phenoxy) is 2. The molecule has 1 heterocycles. The van der Waals surface area contributed by atoms with Crippen molar-refractivity contribution in [1.29, 1.82) is 0 Å². The quantitative estimate of drug-likeness (QED) is 0.907. The molecular weight excluding hydrogens is 326 g/mol. The van der Waals surface area contributed by atoms with E-state index < -0.39 is 5.97 Å². The number of carbonyl (C=O) groups is 1. The SMILES string of the molecule is Cc1cc(Br)cc(C(=O)O)c1OCC1CN(C)CCO1. The summed E-state index contributed by atoms with van der Waals surface area (Å²) in [5.74, 6) is -0.580. The van der Waals surface area contributed by atoms with Gasteiger partial charge >= 0.3 is 5.97 Å². The van der Waals surface area contributed by atoms with Crippen LogP contribution >= 0.6 is 15.9 Å². The van der Waals surface area contributed by atoms with Gasteiger partial charge in [0.1, 0.15) is 24.0 Å². The van der Waals surface area contributed by atoms with Crippen molar-refractivity contribution in [2.24, 2.45) is 0 Å². The number of aromatic carboxylic acids is 1. The molecule has 1 saturated heterocycles. The van der Waals surface area contributed by atoms with E-state index in [2.05, 4.69) is 20.8 Å². The number of aryl methyl sites for hydroxylation is 1. The van der Waals surface area contributed by atoms with Crippen LogP contribution in [-0.4, -0.2) is 55.4 Å². The van der Waals surface area contributed by atoms with Gasteiger partial charge in [-0.05, 0) is 31.7 Å². The van der Waals surface area contributed by atoms with Gasteiger partial charge in [-0.2, -0.15) is 0 Å². The predicted octanol–water partition coefficient (Wildman–Crippen LogP) is 2.17. The molecule has 2 rings (SSSR count). The number of hydrogen-bond donors (Lipinski definition) is 1. The molecule has 1 atom stereocenters. The van der Waals surface area contributed by atoms with Gasteiger partial charge < -0.3 is 19.5 Å². The van der Waals surface area contributed by atoms with Crippen LogP contribution in [0, 0.1) is 6.92 Å². The van der Waals surface area contributed by atoms with Gasteiger partial charge in [0.05, 0.1) is 6.61 Å². The Labute approximate surface area is 126 Å². The molecule has 1 unspecified atom stereocenters. The minimum Gasteiger partial charge on any atom is -0.490 e. The first-order valence-electron chi connectivity index (χ1n) is 6.43. The molecule has 0 aromatic heterocycles. The number of carboxylic acid groups (broad SMARTS) is 1. The molecule has 6 heteroatoms. The topological polar surface area (TPSA) is 59.0 Å². The van der Waals surface area contributed by atoms with Crippen LogP contribution in [0.4, 0.5) is 0 Å². The molecule has 1 aromatic carbocycles. The molecular formula is C14H18BrNO4. The Hall–Kier alpha value is -1.11. The Morgan fingerprint density at radius 3 is 3.00 bits per heavy atom. The summed E-state index contributed by atoms with van der Waals surface area (Å²) in [6.07, 6.45) is -0.0292. The third-order valence-electron chi connectivity index (χ3n) is 3.23. The molecule has 1 aliphatic heterocycles. The highest BCUT2D eigenvalue weighted by atomic mass is 79.9. The van der Waals surface area contributed by atoms with Crippen LogP contribution in [0.5, 0.6) is 5.75 Å². The van der Waals surface area contributed by atoms with Crippen LogP contribution in [0.25, 0.3) is 0 Å². The molecule has 0 saturated carbocycles. The van der Waals surface area contributed by atoms with Gasteiger partial charge in [0, 0.05) is 17.6 Å². The number of halogens is 1. The summed E-state index contributed by atoms with van der Waals surface area (Å²) in [4.78, 5) is 13.5. The van der Waals surface area contributed by atoms with Gasteiger partial charge in [0.15, 0.2) is 0 Å². The molecule has 0 bridgehead atoms. The van der Waals surface area contributed by atoms with Crippen LogP contribution in [0.2, 0.25) is 0 Å². The molecule has 1 N–H and O–H groups in total. The van der Waals surface area contributed by atoms with Gasteiger partial charge in [0.2, 0.25) is 0 Å². The van der Waals surface area contributed by atoms with Crippen LogP contribution in [0.3, 0.4) is 0 Å². The highest BCUT2D eigenvalue weighted by Crippen LogP contribution is 2.28. The zero-order valence-electron chi connectivity index (χ0n) is 11.6. The van der Waals surface area contributed by atoms with Crippen molar-refractivity contribution >= 4 is 21.9 Å². The molecule has 110 valence electrons. The molecule has 0 spiro atoms. The van der Waals surface area contributed by atoms with E-state index in [-0.39, 0.29) is 11.7 Å². The summed E-state index contributed by atoms with van der Waals surface area (Å²) in [7, 11) is 2.03. The summed E-state index contributed by atoms with van der Waals surface area (Å²) in [6, 6.07) is 3.40. The second-order valence-corrected chi connectivity index (χ2v) is 5.89. The maximum absolute atomic E-state index is 11.3. The number of benzene rings is 1. The van der Waals surface area contributed by atoms with Crippen molar-refractivity contribution in [2.75, 3.05) is 33.4 Å². The van der Waals surface area contributed by atoms with E-state index in [4.69, 9.17) is 9.47 Å². The van der Waals surface area contributed by atoms with E-state index in [9.17, 15) is 9.90 Å². The third-order valence-corrected chi connectivity index (χ3v) is 3.68. The zero-order valence-corrected chi connectivity index (χ0v) is 13.1. The highest BCUT2D eigenvalue weighted by Gasteiger charge is 2.21. The summed E-state index contributed by atoms with van der Waals surface area (Å²) >= 11 is 3.30. The van der Waals surface area contributed by atoms with Crippen molar-refractivity contribution in [1.82, 2.24) is 4.90 Å². The lowest BCUT2D eigenvalue weighted by atomic mass is 10.1. The maximum atomic E-state index is 11.3. The highest BCUT2D eigenvalue weighted by molar-refractivity contribution is 9.10. The summed E-state index contributed by atoms with van der Waals surface area (Å²) in [5, 5.41) is 9.25. The number of nitrogens with zero attached hydrogens (tertiary/aromatic N) is 1. The zero-order chi connectivity index (χ0) is 14.7. The Morgan fingerprint density at radius 1 is 1.60 bits per heavy atom. The Morgan fingerprint density at radius 2 is 2.35 bits per heavy atom. The lowest BCUT2D eigenvalue weighted by Crippen LogP contribution is -2.42. The fraction of sp³-hybridized carbons (Fsp3) is 0.500. The van der Waals surface area contributed by atoms with E-state index in [1.54, 1.807) is 6.07 Å². The third kappa shape index (κ3) is 3.71. The first kappa shape index (κ1) is 15.3. The van der Waals surface area contributed by atoms with Gasteiger partial charge in [-0.15, -0.1) is 0 Å². The monoisotopic (exact) mass is 343 g/mol. The van der Waals surface area contributed by atoms with Crippen molar-refractivity contribution < 1.29 is 19.4 Å². The lowest BCUT2D eigenvalue weighted by molar-refractivity contribution is -0.0405. The molecule has 1 aromatic rings. The van der Waals surface area contributed by atoms with Crippen LogP contribution in [-0.2, 0) is 4.74 Å². The Bertz CT molecular complexity index is 506. The molecule has 20 heavy (non-hydrogen) atoms. The minimum atomic E-state index is -0.994. The molecule has 5 nitrogen and oxygen atoms in total. The summed E-state index contributed by atoms with van der Waals surface area (Å²) < 4.78 is 12.1. The summed E-state index contributed by atoms with van der Waals surface area (Å²) in [5.41, 5.74) is 0.960. The molecule has 1 fully saturated rings. The van der Waals surface area contributed by atoms with E-state index >= 15 is 0 Å². The fourth-order valence-electron chi connectivity index (χ4n) is 2.22. The van der Waals surface area contributed by atoms with E-state index in [1.807, 2.05) is 20.0 Å². The standard InChI is InChI=1S/C14H18BrNO4/c1-9-5-10(15)6-12(14(17)18)13(9)20-8-11-7-16(2)3-4-19-11/h5-6,11H,3-4,7-8H2,1-2H3,(H,17,18). The lowest BCUT2D eigenvalue weighted by Gasteiger charge is -2.30. The normalized spacial score (nSPS) is 19.9. The predicted molar refractivity (Wildman–Crippen MR) is 78.6 cm³/mol. The first-order chi connectivity index (χ1) is 9.47. The number of morpholine rings is 1. The van der Waals surface area contributed by atoms with Crippen molar-refractivity contribution in [3.8, 4) is 5.75 Å². The van der Waals surface area contributed by atoms with Gasteiger partial charge in [-0.3, -0.25) is 0 Å². The smallest absolute Gasteiger partial charge is 0.339 e. The van der Waals surface area contributed by atoms with Crippen LogP contribution in [0.15, 0.2) is 16.6 Å². The van der Waals surface area contributed by atoms with E-state index in [1.165, 1.54) is 0 Å². The van der Waals surface area contributed by atoms with Crippen LogP contribution in [0.1, 0.15) is 15.9 Å². The van der Waals surface area contributed by atoms with Gasteiger partial charge in [-0.1, -0.05) is 15.9 Å². The second-order valence-electron chi connectivity index (χ2n) is 4.97. The molecule has 0 aliphatic carbocycles. The van der Waals surface area contributed by atoms with E-state index in [0.29, 0.717) is 19.0 Å². The van der Waals surface area contributed by atoms with Gasteiger partial charge in [-0.25, -0.2) is 4.79 Å².